The zero-order valence-electron chi connectivity index (χ0n) is 14.8. The number of para-hydroxylation sites is 1. The van der Waals surface area contributed by atoms with Crippen molar-refractivity contribution in [2.24, 2.45) is 0 Å². The topological polar surface area (TPSA) is 58.6 Å². The number of hydrogen-bond acceptors (Lipinski definition) is 5. The fourth-order valence-corrected chi connectivity index (χ4v) is 4.33. The minimum Gasteiger partial charge on any atom is -0.451 e. The molecule has 6 heteroatoms. The fourth-order valence-electron chi connectivity index (χ4n) is 3.01. The molecule has 0 aromatic heterocycles. The summed E-state index contributed by atoms with van der Waals surface area (Å²) < 4.78 is 5.52. The van der Waals surface area contributed by atoms with Crippen LogP contribution >= 0.6 is 11.8 Å². The van der Waals surface area contributed by atoms with Gasteiger partial charge in [-0.3, -0.25) is 9.59 Å². The molecule has 1 aliphatic rings. The van der Waals surface area contributed by atoms with E-state index < -0.39 is 12.1 Å². The first-order valence-corrected chi connectivity index (χ1v) is 9.43. The Morgan fingerprint density at radius 1 is 1.15 bits per heavy atom. The lowest BCUT2D eigenvalue weighted by molar-refractivity contribution is -0.152. The van der Waals surface area contributed by atoms with Gasteiger partial charge in [-0.15, -0.1) is 11.8 Å². The Morgan fingerprint density at radius 2 is 1.85 bits per heavy atom. The van der Waals surface area contributed by atoms with Crippen LogP contribution in [0.3, 0.4) is 0 Å². The maximum Gasteiger partial charge on any atom is 0.303 e. The number of esters is 1. The van der Waals surface area contributed by atoms with Gasteiger partial charge in [0.1, 0.15) is 0 Å². The van der Waals surface area contributed by atoms with Crippen molar-refractivity contribution in [1.29, 1.82) is 0 Å². The molecule has 0 spiro atoms. The Kier molecular flexibility index (Phi) is 5.96. The van der Waals surface area contributed by atoms with E-state index in [1.165, 1.54) is 6.92 Å². The van der Waals surface area contributed by atoms with Crippen LogP contribution in [0.25, 0.3) is 0 Å². The van der Waals surface area contributed by atoms with Gasteiger partial charge in [0.05, 0.1) is 10.9 Å². The van der Waals surface area contributed by atoms with E-state index in [0.717, 1.165) is 16.1 Å². The highest BCUT2D eigenvalue weighted by molar-refractivity contribution is 7.99. The lowest BCUT2D eigenvalue weighted by atomic mass is 10.1. The van der Waals surface area contributed by atoms with E-state index in [2.05, 4.69) is 5.32 Å². The molecule has 0 saturated carbocycles. The molecule has 2 aromatic rings. The van der Waals surface area contributed by atoms with Crippen molar-refractivity contribution < 1.29 is 14.3 Å². The molecular formula is C20H22N2O3S. The Hall–Kier alpha value is -2.31. The van der Waals surface area contributed by atoms with Crippen LogP contribution in [-0.2, 0) is 14.3 Å². The molecule has 5 nitrogen and oxygen atoms in total. The molecule has 2 aromatic carbocycles. The summed E-state index contributed by atoms with van der Waals surface area (Å²) in [5.41, 5.74) is 1.82. The lowest BCUT2D eigenvalue weighted by Crippen LogP contribution is -2.45. The molecule has 2 atom stereocenters. The first kappa shape index (κ1) is 18.5. The van der Waals surface area contributed by atoms with Crippen LogP contribution in [0.1, 0.15) is 17.7 Å². The van der Waals surface area contributed by atoms with Crippen molar-refractivity contribution in [2.75, 3.05) is 25.0 Å². The molecule has 1 aliphatic heterocycles. The third-order valence-electron chi connectivity index (χ3n) is 4.20. The highest BCUT2D eigenvalue weighted by Crippen LogP contribution is 2.46. The number of carbonyl (C=O) groups is 2. The summed E-state index contributed by atoms with van der Waals surface area (Å²) in [4.78, 5) is 27.8. The molecule has 0 radical (unpaired) electrons. The van der Waals surface area contributed by atoms with E-state index in [9.17, 15) is 9.59 Å². The number of likely N-dealkylation sites (N-methyl/N-ethyl adjacent to an activating group) is 1. The molecule has 0 saturated heterocycles. The quantitative estimate of drug-likeness (QED) is 0.820. The third-order valence-corrected chi connectivity index (χ3v) is 5.57. The molecular weight excluding hydrogens is 348 g/mol. The van der Waals surface area contributed by atoms with Crippen molar-refractivity contribution >= 4 is 29.3 Å². The molecule has 1 amide bonds. The summed E-state index contributed by atoms with van der Waals surface area (Å²) >= 11 is 1.56. The fraction of sp³-hybridized carbons (Fsp3) is 0.300. The first-order chi connectivity index (χ1) is 12.6. The van der Waals surface area contributed by atoms with Crippen LogP contribution < -0.4 is 10.2 Å². The van der Waals surface area contributed by atoms with Crippen LogP contribution in [0.5, 0.6) is 0 Å². The minimum atomic E-state index is -0.871. The SMILES string of the molecule is CNCCN1C(=O)[C@H](OC(C)=O)[C@H](c2ccccc2)Sc2ccccc21. The largest absolute Gasteiger partial charge is 0.451 e. The van der Waals surface area contributed by atoms with E-state index in [1.807, 2.05) is 61.6 Å². The van der Waals surface area contributed by atoms with E-state index in [0.29, 0.717) is 13.1 Å². The standard InChI is InChI=1S/C20H22N2O3S/c1-14(23)25-18-19(15-8-4-3-5-9-15)26-17-11-7-6-10-16(17)22(20(18)24)13-12-21-2/h3-11,18-19,21H,12-13H2,1-2H3/t18-,19+/m1/s1. The number of nitrogens with one attached hydrogen (secondary N) is 1. The van der Waals surface area contributed by atoms with Gasteiger partial charge < -0.3 is 15.0 Å². The highest BCUT2D eigenvalue weighted by atomic mass is 32.2. The number of rotatable bonds is 5. The molecule has 136 valence electrons. The summed E-state index contributed by atoms with van der Waals surface area (Å²) in [5, 5.41) is 2.78. The summed E-state index contributed by atoms with van der Waals surface area (Å²) in [6.07, 6.45) is -0.871. The lowest BCUT2D eigenvalue weighted by Gasteiger charge is -2.27. The van der Waals surface area contributed by atoms with Gasteiger partial charge in [-0.2, -0.15) is 0 Å². The maximum absolute atomic E-state index is 13.3. The Bertz CT molecular complexity index is 782. The van der Waals surface area contributed by atoms with Gasteiger partial charge in [0, 0.05) is 24.9 Å². The van der Waals surface area contributed by atoms with Crippen molar-refractivity contribution in [3.05, 3.63) is 60.2 Å². The molecule has 26 heavy (non-hydrogen) atoms. The average molecular weight is 370 g/mol. The van der Waals surface area contributed by atoms with Crippen LogP contribution in [0.4, 0.5) is 5.69 Å². The second-order valence-electron chi connectivity index (χ2n) is 6.04. The number of amides is 1. The number of carbonyl (C=O) groups excluding carboxylic acids is 2. The molecule has 1 heterocycles. The number of fused-ring (bicyclic) bond motifs is 1. The van der Waals surface area contributed by atoms with Crippen molar-refractivity contribution in [3.63, 3.8) is 0 Å². The van der Waals surface area contributed by atoms with E-state index in [-0.39, 0.29) is 11.2 Å². The minimum absolute atomic E-state index is 0.193. The second kappa shape index (κ2) is 8.38. The average Bonchev–Trinajstić information content (AvgIpc) is 2.76. The molecule has 0 fully saturated rings. The molecule has 1 N–H and O–H groups in total. The maximum atomic E-state index is 13.3. The van der Waals surface area contributed by atoms with Gasteiger partial charge in [0.2, 0.25) is 0 Å². The molecule has 0 aliphatic carbocycles. The van der Waals surface area contributed by atoms with Gasteiger partial charge in [-0.1, -0.05) is 42.5 Å². The van der Waals surface area contributed by atoms with Crippen molar-refractivity contribution in [1.82, 2.24) is 5.32 Å². The van der Waals surface area contributed by atoms with E-state index in [1.54, 1.807) is 16.7 Å². The predicted molar refractivity (Wildman–Crippen MR) is 103 cm³/mol. The smallest absolute Gasteiger partial charge is 0.303 e. The number of hydrogen-bond donors (Lipinski definition) is 1. The number of benzene rings is 2. The van der Waals surface area contributed by atoms with Crippen LogP contribution in [0.2, 0.25) is 0 Å². The van der Waals surface area contributed by atoms with Crippen LogP contribution in [0.15, 0.2) is 59.5 Å². The normalized spacial score (nSPS) is 19.6. The van der Waals surface area contributed by atoms with Gasteiger partial charge >= 0.3 is 5.97 Å². The van der Waals surface area contributed by atoms with E-state index >= 15 is 0 Å². The van der Waals surface area contributed by atoms with Gasteiger partial charge in [0.15, 0.2) is 6.10 Å². The number of nitrogens with zero attached hydrogens (tertiary/aromatic N) is 1. The van der Waals surface area contributed by atoms with E-state index in [4.69, 9.17) is 4.74 Å². The Labute approximate surface area is 157 Å². The predicted octanol–water partition coefficient (Wildman–Crippen LogP) is 3.02. The summed E-state index contributed by atoms with van der Waals surface area (Å²) in [6.45, 7) is 2.50. The summed E-state index contributed by atoms with van der Waals surface area (Å²) in [6, 6.07) is 17.5. The molecule has 3 rings (SSSR count). The number of ether oxygens (including phenoxy) is 1. The summed E-state index contributed by atoms with van der Waals surface area (Å²) in [5.74, 6) is -0.647. The van der Waals surface area contributed by atoms with Crippen molar-refractivity contribution in [2.45, 2.75) is 23.2 Å². The zero-order valence-corrected chi connectivity index (χ0v) is 15.7. The number of thioether (sulfide) groups is 1. The monoisotopic (exact) mass is 370 g/mol. The third kappa shape index (κ3) is 3.92. The van der Waals surface area contributed by atoms with Gasteiger partial charge in [0.25, 0.3) is 5.91 Å². The number of anilines is 1. The van der Waals surface area contributed by atoms with Crippen LogP contribution in [-0.4, -0.2) is 38.1 Å². The summed E-state index contributed by atoms with van der Waals surface area (Å²) in [7, 11) is 1.85. The zero-order chi connectivity index (χ0) is 18.5. The molecule has 0 bridgehead atoms. The first-order valence-electron chi connectivity index (χ1n) is 8.55. The molecule has 0 unspecified atom stereocenters. The second-order valence-corrected chi connectivity index (χ2v) is 7.22. The van der Waals surface area contributed by atoms with Crippen molar-refractivity contribution in [3.8, 4) is 0 Å². The highest BCUT2D eigenvalue weighted by Gasteiger charge is 2.40. The van der Waals surface area contributed by atoms with Gasteiger partial charge in [-0.05, 0) is 24.7 Å². The Morgan fingerprint density at radius 3 is 2.54 bits per heavy atom. The van der Waals surface area contributed by atoms with Crippen LogP contribution in [0, 0.1) is 0 Å². The Balaban J connectivity index is 2.08. The van der Waals surface area contributed by atoms with Gasteiger partial charge in [-0.25, -0.2) is 0 Å².